The normalized spacial score (nSPS) is 14.4. The van der Waals surface area contributed by atoms with Crippen LogP contribution >= 0.6 is 0 Å². The molecule has 7 nitrogen and oxygen atoms in total. The molecule has 1 unspecified atom stereocenters. The van der Waals surface area contributed by atoms with E-state index in [1.54, 1.807) is 0 Å². The third-order valence-corrected chi connectivity index (χ3v) is 6.41. The van der Waals surface area contributed by atoms with Gasteiger partial charge in [0.15, 0.2) is 0 Å². The van der Waals surface area contributed by atoms with E-state index in [2.05, 4.69) is 34.9 Å². The summed E-state index contributed by atoms with van der Waals surface area (Å²) in [6.45, 7) is 8.13. The van der Waals surface area contributed by atoms with E-state index >= 15 is 0 Å². The number of aliphatic carboxylic acids is 1. The number of carboxylic acids is 1. The molecule has 0 heterocycles. The second-order valence-corrected chi connectivity index (χ2v) is 10.3. The molecule has 35 heavy (non-hydrogen) atoms. The topological polar surface area (TPSA) is 105 Å². The van der Waals surface area contributed by atoms with Gasteiger partial charge in [-0.2, -0.15) is 0 Å². The summed E-state index contributed by atoms with van der Waals surface area (Å²) in [5.41, 5.74) is 4.53. The zero-order valence-electron chi connectivity index (χ0n) is 21.0. The zero-order valence-corrected chi connectivity index (χ0v) is 21.0. The van der Waals surface area contributed by atoms with Crippen molar-refractivity contribution in [2.45, 2.75) is 71.4 Å². The van der Waals surface area contributed by atoms with Crippen LogP contribution in [0.1, 0.15) is 70.4 Å². The van der Waals surface area contributed by atoms with E-state index in [0.29, 0.717) is 19.3 Å². The first-order valence-electron chi connectivity index (χ1n) is 12.2. The predicted molar refractivity (Wildman–Crippen MR) is 135 cm³/mol. The minimum atomic E-state index is -1.06. The van der Waals surface area contributed by atoms with E-state index in [1.165, 1.54) is 0 Å². The second-order valence-electron chi connectivity index (χ2n) is 10.3. The number of carbonyl (C=O) groups is 3. The molecule has 0 fully saturated rings. The Morgan fingerprint density at radius 2 is 1.54 bits per heavy atom. The molecule has 188 valence electrons. The van der Waals surface area contributed by atoms with Crippen molar-refractivity contribution in [3.05, 3.63) is 59.7 Å². The van der Waals surface area contributed by atoms with Crippen LogP contribution in [0.2, 0.25) is 0 Å². The minimum Gasteiger partial charge on any atom is -0.480 e. The van der Waals surface area contributed by atoms with Crippen LogP contribution in [-0.4, -0.2) is 41.8 Å². The number of rotatable bonds is 10. The van der Waals surface area contributed by atoms with Gasteiger partial charge in [-0.1, -0.05) is 76.2 Å². The standard InChI is InChI=1S/C28H36N2O5/c1-5-18(16-25(31)30-24(26(32)33)14-15-28(2,3)4)29-27(34)35-17-23-21-12-8-6-10-19(21)20-11-7-9-13-22(20)23/h6-13,18,23-24H,5,14-17H2,1-4H3,(H,29,34)(H,30,31)(H,32,33)/t18-,24?/m0/s1. The molecule has 0 bridgehead atoms. The Kier molecular flexibility index (Phi) is 8.54. The highest BCUT2D eigenvalue weighted by molar-refractivity contribution is 5.84. The van der Waals surface area contributed by atoms with E-state index in [1.807, 2.05) is 52.0 Å². The van der Waals surface area contributed by atoms with Gasteiger partial charge < -0.3 is 20.5 Å². The lowest BCUT2D eigenvalue weighted by molar-refractivity contribution is -0.142. The first kappa shape index (κ1) is 26.3. The number of amides is 2. The molecule has 2 aromatic rings. The summed E-state index contributed by atoms with van der Waals surface area (Å²) < 4.78 is 5.57. The Hall–Kier alpha value is -3.35. The summed E-state index contributed by atoms with van der Waals surface area (Å²) in [5.74, 6) is -1.51. The Morgan fingerprint density at radius 1 is 0.971 bits per heavy atom. The van der Waals surface area contributed by atoms with Crippen LogP contribution < -0.4 is 10.6 Å². The predicted octanol–water partition coefficient (Wildman–Crippen LogP) is 5.09. The highest BCUT2D eigenvalue weighted by atomic mass is 16.5. The fraction of sp³-hybridized carbons (Fsp3) is 0.464. The SMILES string of the molecule is CC[C@@H](CC(=O)NC(CCC(C)(C)C)C(=O)O)NC(=O)OCC1c2ccccc2-c2ccccc21. The van der Waals surface area contributed by atoms with Crippen molar-refractivity contribution in [3.8, 4) is 11.1 Å². The lowest BCUT2D eigenvalue weighted by Gasteiger charge is -2.23. The summed E-state index contributed by atoms with van der Waals surface area (Å²) in [6, 6.07) is 14.8. The van der Waals surface area contributed by atoms with Crippen LogP contribution in [0.15, 0.2) is 48.5 Å². The summed E-state index contributed by atoms with van der Waals surface area (Å²) in [4.78, 5) is 36.6. The van der Waals surface area contributed by atoms with Gasteiger partial charge in [-0.15, -0.1) is 0 Å². The summed E-state index contributed by atoms with van der Waals surface area (Å²) in [7, 11) is 0. The molecule has 1 aliphatic rings. The molecular weight excluding hydrogens is 444 g/mol. The smallest absolute Gasteiger partial charge is 0.407 e. The number of hydrogen-bond donors (Lipinski definition) is 3. The lowest BCUT2D eigenvalue weighted by atomic mass is 9.88. The molecule has 2 amide bonds. The molecule has 2 atom stereocenters. The van der Waals surface area contributed by atoms with Gasteiger partial charge in [0.2, 0.25) is 5.91 Å². The number of carbonyl (C=O) groups excluding carboxylic acids is 2. The average molecular weight is 481 g/mol. The number of alkyl carbamates (subject to hydrolysis) is 1. The first-order chi connectivity index (χ1) is 16.6. The van der Waals surface area contributed by atoms with Crippen molar-refractivity contribution in [2.75, 3.05) is 6.61 Å². The Balaban J connectivity index is 1.53. The molecule has 0 saturated carbocycles. The number of fused-ring (bicyclic) bond motifs is 3. The second kappa shape index (κ2) is 11.4. The van der Waals surface area contributed by atoms with Crippen LogP contribution in [0.5, 0.6) is 0 Å². The largest absolute Gasteiger partial charge is 0.480 e. The molecule has 0 aliphatic heterocycles. The Morgan fingerprint density at radius 3 is 2.06 bits per heavy atom. The van der Waals surface area contributed by atoms with E-state index < -0.39 is 30.1 Å². The summed E-state index contributed by atoms with van der Waals surface area (Å²) in [5, 5.41) is 14.8. The quantitative estimate of drug-likeness (QED) is 0.439. The molecule has 2 aromatic carbocycles. The maximum Gasteiger partial charge on any atom is 0.407 e. The molecule has 1 aliphatic carbocycles. The third-order valence-electron chi connectivity index (χ3n) is 6.41. The van der Waals surface area contributed by atoms with Gasteiger partial charge in [0, 0.05) is 18.4 Å². The maximum atomic E-state index is 12.6. The summed E-state index contributed by atoms with van der Waals surface area (Å²) >= 11 is 0. The fourth-order valence-electron chi connectivity index (χ4n) is 4.42. The summed E-state index contributed by atoms with van der Waals surface area (Å²) in [6.07, 6.45) is 0.923. The van der Waals surface area contributed by atoms with Crippen molar-refractivity contribution in [3.63, 3.8) is 0 Å². The molecule has 3 N–H and O–H groups in total. The molecule has 7 heteroatoms. The van der Waals surface area contributed by atoms with Gasteiger partial charge in [-0.3, -0.25) is 4.79 Å². The average Bonchev–Trinajstić information content (AvgIpc) is 3.13. The van der Waals surface area contributed by atoms with Crippen molar-refractivity contribution in [1.29, 1.82) is 0 Å². The van der Waals surface area contributed by atoms with Crippen molar-refractivity contribution < 1.29 is 24.2 Å². The molecule has 0 radical (unpaired) electrons. The van der Waals surface area contributed by atoms with Gasteiger partial charge in [0.25, 0.3) is 0 Å². The maximum absolute atomic E-state index is 12.6. The lowest BCUT2D eigenvalue weighted by Crippen LogP contribution is -2.45. The zero-order chi connectivity index (χ0) is 25.6. The number of ether oxygens (including phenoxy) is 1. The number of carboxylic acid groups (broad SMARTS) is 1. The van der Waals surface area contributed by atoms with Crippen LogP contribution in [-0.2, 0) is 14.3 Å². The first-order valence-corrected chi connectivity index (χ1v) is 12.2. The van der Waals surface area contributed by atoms with E-state index in [0.717, 1.165) is 22.3 Å². The van der Waals surface area contributed by atoms with Gasteiger partial charge in [-0.05, 0) is 46.9 Å². The Bertz CT molecular complexity index is 1010. The van der Waals surface area contributed by atoms with E-state index in [-0.39, 0.29) is 24.4 Å². The highest BCUT2D eigenvalue weighted by Gasteiger charge is 2.29. The third kappa shape index (κ3) is 7.07. The van der Waals surface area contributed by atoms with Crippen LogP contribution in [0.4, 0.5) is 4.79 Å². The monoisotopic (exact) mass is 480 g/mol. The molecular formula is C28H36N2O5. The van der Waals surface area contributed by atoms with Gasteiger partial charge in [0.1, 0.15) is 12.6 Å². The molecule has 3 rings (SSSR count). The fourth-order valence-corrected chi connectivity index (χ4v) is 4.42. The minimum absolute atomic E-state index is 0.0139. The van der Waals surface area contributed by atoms with Gasteiger partial charge in [-0.25, -0.2) is 9.59 Å². The van der Waals surface area contributed by atoms with E-state index in [4.69, 9.17) is 4.74 Å². The van der Waals surface area contributed by atoms with Crippen molar-refractivity contribution >= 4 is 18.0 Å². The number of benzene rings is 2. The van der Waals surface area contributed by atoms with Crippen molar-refractivity contribution in [1.82, 2.24) is 10.6 Å². The van der Waals surface area contributed by atoms with Crippen LogP contribution in [0.25, 0.3) is 11.1 Å². The van der Waals surface area contributed by atoms with Crippen molar-refractivity contribution in [2.24, 2.45) is 5.41 Å². The molecule has 0 aromatic heterocycles. The van der Waals surface area contributed by atoms with Crippen LogP contribution in [0.3, 0.4) is 0 Å². The van der Waals surface area contributed by atoms with Gasteiger partial charge in [0.05, 0.1) is 0 Å². The highest BCUT2D eigenvalue weighted by Crippen LogP contribution is 2.44. The van der Waals surface area contributed by atoms with Crippen LogP contribution in [0, 0.1) is 5.41 Å². The molecule has 0 spiro atoms. The number of nitrogens with one attached hydrogen (secondary N) is 2. The molecule has 0 saturated heterocycles. The Labute approximate surface area is 207 Å². The van der Waals surface area contributed by atoms with Gasteiger partial charge >= 0.3 is 12.1 Å². The van der Waals surface area contributed by atoms with E-state index in [9.17, 15) is 19.5 Å². The number of hydrogen-bond acceptors (Lipinski definition) is 4.